The zero-order valence-corrected chi connectivity index (χ0v) is 17.3. The van der Waals surface area contributed by atoms with Gasteiger partial charge in [0.15, 0.2) is 6.10 Å². The van der Waals surface area contributed by atoms with Gasteiger partial charge in [-0.15, -0.1) is 11.8 Å². The van der Waals surface area contributed by atoms with Crippen molar-refractivity contribution in [3.05, 3.63) is 69.3 Å². The van der Waals surface area contributed by atoms with Gasteiger partial charge in [0.2, 0.25) is 5.78 Å². The number of nitro benzene ring substituents is 1. The second-order valence-corrected chi connectivity index (χ2v) is 8.23. The third-order valence-electron chi connectivity index (χ3n) is 4.30. The third-order valence-corrected chi connectivity index (χ3v) is 5.08. The molecule has 2 aromatic rings. The average Bonchev–Trinajstić information content (AvgIpc) is 2.66. The number of ether oxygens (including phenoxy) is 1. The van der Waals surface area contributed by atoms with Gasteiger partial charge in [-0.2, -0.15) is 0 Å². The van der Waals surface area contributed by atoms with Crippen molar-refractivity contribution in [1.29, 1.82) is 0 Å². The molecule has 0 saturated heterocycles. The molecule has 0 heterocycles. The second kappa shape index (κ2) is 8.56. The number of nitrogens with zero attached hydrogens (tertiary/aromatic N) is 1. The molecule has 0 bridgehead atoms. The molecular weight excluding hydrogens is 378 g/mol. The molecule has 0 spiro atoms. The van der Waals surface area contributed by atoms with Crippen LogP contribution in [0.25, 0.3) is 0 Å². The number of Topliss-reactive ketones (excluding diaryl/α,β-unsaturated/α-hetero) is 1. The van der Waals surface area contributed by atoms with E-state index < -0.39 is 17.0 Å². The first-order valence-electron chi connectivity index (χ1n) is 8.72. The number of thioether (sulfide) groups is 1. The minimum Gasteiger partial charge on any atom is -0.451 e. The van der Waals surface area contributed by atoms with Gasteiger partial charge < -0.3 is 4.74 Å². The molecule has 0 radical (unpaired) electrons. The van der Waals surface area contributed by atoms with Crippen molar-refractivity contribution in [1.82, 2.24) is 0 Å². The van der Waals surface area contributed by atoms with Crippen LogP contribution in [0.15, 0.2) is 47.4 Å². The summed E-state index contributed by atoms with van der Waals surface area (Å²) in [7, 11) is 0. The number of hydrogen-bond acceptors (Lipinski definition) is 6. The van der Waals surface area contributed by atoms with Crippen molar-refractivity contribution >= 4 is 29.2 Å². The highest BCUT2D eigenvalue weighted by atomic mass is 32.2. The summed E-state index contributed by atoms with van der Waals surface area (Å²) in [6.07, 6.45) is 0.707. The SMILES string of the molecule is CSc1ccc(C(=O)O[C@@H](C)C(=O)c2ccc(C(C)(C)C)cc2)cc1[N+](=O)[O-]. The van der Waals surface area contributed by atoms with Crippen molar-refractivity contribution in [2.45, 2.75) is 44.1 Å². The van der Waals surface area contributed by atoms with E-state index >= 15 is 0 Å². The Labute approximate surface area is 168 Å². The molecule has 2 rings (SSSR count). The van der Waals surface area contributed by atoms with Crippen LogP contribution in [-0.4, -0.2) is 29.0 Å². The van der Waals surface area contributed by atoms with E-state index in [4.69, 9.17) is 4.74 Å². The number of carbonyl (C=O) groups excluding carboxylic acids is 2. The van der Waals surface area contributed by atoms with E-state index in [0.29, 0.717) is 10.5 Å². The summed E-state index contributed by atoms with van der Waals surface area (Å²) in [6.45, 7) is 7.73. The lowest BCUT2D eigenvalue weighted by Gasteiger charge is -2.19. The average molecular weight is 401 g/mol. The fraction of sp³-hybridized carbons (Fsp3) is 0.333. The van der Waals surface area contributed by atoms with Gasteiger partial charge in [-0.3, -0.25) is 14.9 Å². The number of hydrogen-bond donors (Lipinski definition) is 0. The highest BCUT2D eigenvalue weighted by molar-refractivity contribution is 7.98. The molecule has 0 unspecified atom stereocenters. The lowest BCUT2D eigenvalue weighted by Crippen LogP contribution is -2.24. The van der Waals surface area contributed by atoms with Crippen LogP contribution < -0.4 is 0 Å². The van der Waals surface area contributed by atoms with E-state index in [-0.39, 0.29) is 22.4 Å². The molecule has 0 N–H and O–H groups in total. The van der Waals surface area contributed by atoms with E-state index in [1.54, 1.807) is 18.4 Å². The van der Waals surface area contributed by atoms with Crippen LogP contribution in [0, 0.1) is 10.1 Å². The van der Waals surface area contributed by atoms with Crippen LogP contribution >= 0.6 is 11.8 Å². The normalized spacial score (nSPS) is 12.3. The van der Waals surface area contributed by atoms with Crippen molar-refractivity contribution < 1.29 is 19.2 Å². The summed E-state index contributed by atoms with van der Waals surface area (Å²) < 4.78 is 5.24. The predicted molar refractivity (Wildman–Crippen MR) is 109 cm³/mol. The van der Waals surface area contributed by atoms with Crippen LogP contribution in [0.3, 0.4) is 0 Å². The van der Waals surface area contributed by atoms with Crippen molar-refractivity contribution in [2.24, 2.45) is 0 Å². The third kappa shape index (κ3) is 4.98. The van der Waals surface area contributed by atoms with Gasteiger partial charge in [0.25, 0.3) is 5.69 Å². The van der Waals surface area contributed by atoms with E-state index in [9.17, 15) is 19.7 Å². The lowest BCUT2D eigenvalue weighted by atomic mass is 9.86. The topological polar surface area (TPSA) is 86.5 Å². The largest absolute Gasteiger partial charge is 0.451 e. The van der Waals surface area contributed by atoms with E-state index in [1.165, 1.54) is 36.9 Å². The quantitative estimate of drug-likeness (QED) is 0.221. The predicted octanol–water partition coefficient (Wildman–Crippen LogP) is 5.04. The first-order valence-corrected chi connectivity index (χ1v) is 9.95. The second-order valence-electron chi connectivity index (χ2n) is 7.38. The van der Waals surface area contributed by atoms with Crippen LogP contribution in [0.5, 0.6) is 0 Å². The maximum atomic E-state index is 12.6. The summed E-state index contributed by atoms with van der Waals surface area (Å²) in [6, 6.07) is 11.3. The summed E-state index contributed by atoms with van der Waals surface area (Å²) in [5.41, 5.74) is 1.37. The standard InChI is InChI=1S/C21H23NO5S/c1-13(19(23)14-6-9-16(10-7-14)21(2,3)4)27-20(24)15-8-11-18(28-5)17(12-15)22(25)26/h6-13H,1-5H3/t13-/m0/s1. The Balaban J connectivity index is 2.14. The van der Waals surface area contributed by atoms with Crippen LogP contribution in [0.1, 0.15) is 54.0 Å². The molecule has 28 heavy (non-hydrogen) atoms. The zero-order chi connectivity index (χ0) is 21.1. The Morgan fingerprint density at radius 1 is 1.07 bits per heavy atom. The van der Waals surface area contributed by atoms with Gasteiger partial charge in [-0.1, -0.05) is 45.0 Å². The molecule has 0 aromatic heterocycles. The van der Waals surface area contributed by atoms with Gasteiger partial charge in [0, 0.05) is 11.6 Å². The molecule has 0 fully saturated rings. The lowest BCUT2D eigenvalue weighted by molar-refractivity contribution is -0.387. The zero-order valence-electron chi connectivity index (χ0n) is 16.5. The van der Waals surface area contributed by atoms with Crippen LogP contribution in [0.2, 0.25) is 0 Å². The fourth-order valence-electron chi connectivity index (χ4n) is 2.61. The van der Waals surface area contributed by atoms with E-state index in [1.807, 2.05) is 12.1 Å². The highest BCUT2D eigenvalue weighted by Crippen LogP contribution is 2.29. The van der Waals surface area contributed by atoms with Gasteiger partial charge in [-0.05, 0) is 36.3 Å². The minimum absolute atomic E-state index is 0.0304. The fourth-order valence-corrected chi connectivity index (χ4v) is 3.16. The van der Waals surface area contributed by atoms with Crippen LogP contribution in [-0.2, 0) is 10.2 Å². The van der Waals surface area contributed by atoms with Gasteiger partial charge >= 0.3 is 5.97 Å². The molecule has 7 heteroatoms. The summed E-state index contributed by atoms with van der Waals surface area (Å²) in [5, 5.41) is 11.2. The maximum absolute atomic E-state index is 12.6. The number of benzene rings is 2. The minimum atomic E-state index is -1.01. The van der Waals surface area contributed by atoms with Crippen molar-refractivity contribution in [2.75, 3.05) is 6.26 Å². The Kier molecular flexibility index (Phi) is 6.61. The Bertz CT molecular complexity index is 900. The first-order chi connectivity index (χ1) is 13.0. The van der Waals surface area contributed by atoms with Crippen molar-refractivity contribution in [3.63, 3.8) is 0 Å². The molecule has 2 aromatic carbocycles. The number of ketones is 1. The monoisotopic (exact) mass is 401 g/mol. The molecule has 148 valence electrons. The molecule has 6 nitrogen and oxygen atoms in total. The Morgan fingerprint density at radius 2 is 1.64 bits per heavy atom. The number of nitro groups is 1. The molecule has 1 atom stereocenters. The summed E-state index contributed by atoms with van der Waals surface area (Å²) in [4.78, 5) is 36.0. The summed E-state index contributed by atoms with van der Waals surface area (Å²) >= 11 is 1.22. The molecule has 0 amide bonds. The maximum Gasteiger partial charge on any atom is 0.339 e. The number of esters is 1. The number of carbonyl (C=O) groups is 2. The van der Waals surface area contributed by atoms with Crippen molar-refractivity contribution in [3.8, 4) is 0 Å². The van der Waals surface area contributed by atoms with Gasteiger partial charge in [0.1, 0.15) is 0 Å². The molecule has 0 aliphatic heterocycles. The Hall–Kier alpha value is -2.67. The van der Waals surface area contributed by atoms with Crippen LogP contribution in [0.4, 0.5) is 5.69 Å². The van der Waals surface area contributed by atoms with Gasteiger partial charge in [0.05, 0.1) is 15.4 Å². The van der Waals surface area contributed by atoms with E-state index in [2.05, 4.69) is 20.8 Å². The highest BCUT2D eigenvalue weighted by Gasteiger charge is 2.23. The molecule has 0 saturated carbocycles. The van der Waals surface area contributed by atoms with E-state index in [0.717, 1.165) is 5.56 Å². The molecular formula is C21H23NO5S. The Morgan fingerprint density at radius 3 is 2.14 bits per heavy atom. The first kappa shape index (κ1) is 21.6. The van der Waals surface area contributed by atoms with Gasteiger partial charge in [-0.25, -0.2) is 4.79 Å². The number of rotatable bonds is 6. The molecule has 0 aliphatic carbocycles. The smallest absolute Gasteiger partial charge is 0.339 e. The molecule has 0 aliphatic rings. The summed E-state index contributed by atoms with van der Waals surface area (Å²) in [5.74, 6) is -1.10.